The smallest absolute Gasteiger partial charge is 0.233 e. The van der Waals surface area contributed by atoms with Gasteiger partial charge in [-0.2, -0.15) is 0 Å². The molecule has 0 aromatic rings. The molecule has 0 aliphatic carbocycles. The van der Waals surface area contributed by atoms with Crippen molar-refractivity contribution >= 4 is 29.3 Å². The Morgan fingerprint density at radius 3 is 3.08 bits per heavy atom. The van der Waals surface area contributed by atoms with E-state index in [9.17, 15) is 4.79 Å². The first kappa shape index (κ1) is 10.2. The van der Waals surface area contributed by atoms with E-state index in [4.69, 9.17) is 11.6 Å². The van der Waals surface area contributed by atoms with Crippen LogP contribution in [0.25, 0.3) is 0 Å². The highest BCUT2D eigenvalue weighted by atomic mass is 35.5. The molecule has 0 saturated carbocycles. The number of thioether (sulfide) groups is 1. The molecule has 12 heavy (non-hydrogen) atoms. The van der Waals surface area contributed by atoms with Crippen LogP contribution in [0.3, 0.4) is 0 Å². The molecule has 2 nitrogen and oxygen atoms in total. The molecule has 1 unspecified atom stereocenters. The summed E-state index contributed by atoms with van der Waals surface area (Å²) in [7, 11) is 0. The van der Waals surface area contributed by atoms with E-state index in [-0.39, 0.29) is 11.2 Å². The first-order valence-corrected chi connectivity index (χ1v) is 5.88. The lowest BCUT2D eigenvalue weighted by molar-refractivity contribution is -0.120. The van der Waals surface area contributed by atoms with Crippen LogP contribution in [0.1, 0.15) is 19.3 Å². The van der Waals surface area contributed by atoms with Gasteiger partial charge in [0.2, 0.25) is 5.91 Å². The van der Waals surface area contributed by atoms with E-state index in [0.29, 0.717) is 5.88 Å². The Bertz CT molecular complexity index is 148. The van der Waals surface area contributed by atoms with Gasteiger partial charge in [-0.25, -0.2) is 0 Å². The van der Waals surface area contributed by atoms with Crippen LogP contribution >= 0.6 is 23.4 Å². The van der Waals surface area contributed by atoms with Gasteiger partial charge >= 0.3 is 0 Å². The van der Waals surface area contributed by atoms with Crippen molar-refractivity contribution in [1.29, 1.82) is 0 Å². The lowest BCUT2D eigenvalue weighted by atomic mass is 10.2. The summed E-state index contributed by atoms with van der Waals surface area (Å²) in [4.78, 5) is 11.3. The van der Waals surface area contributed by atoms with E-state index in [2.05, 4.69) is 5.32 Å². The zero-order valence-corrected chi connectivity index (χ0v) is 8.59. The van der Waals surface area contributed by atoms with E-state index in [0.717, 1.165) is 25.1 Å². The fourth-order valence-electron chi connectivity index (χ4n) is 1.18. The standard InChI is InChI=1S/C8H14ClNOS/c9-4-2-5-10-8(11)7-3-1-6-12-7/h7H,1-6H2,(H,10,11). The highest BCUT2D eigenvalue weighted by molar-refractivity contribution is 8.00. The molecule has 1 amide bonds. The summed E-state index contributed by atoms with van der Waals surface area (Å²) < 4.78 is 0. The number of halogens is 1. The number of carbonyl (C=O) groups is 1. The Morgan fingerprint density at radius 1 is 1.67 bits per heavy atom. The van der Waals surface area contributed by atoms with Crippen LogP contribution in [0.15, 0.2) is 0 Å². The van der Waals surface area contributed by atoms with Crippen LogP contribution in [0.2, 0.25) is 0 Å². The van der Waals surface area contributed by atoms with E-state index in [1.165, 1.54) is 6.42 Å². The molecule has 4 heteroatoms. The van der Waals surface area contributed by atoms with E-state index in [1.807, 2.05) is 0 Å². The molecule has 1 aliphatic heterocycles. The first-order valence-electron chi connectivity index (χ1n) is 4.30. The fourth-order valence-corrected chi connectivity index (χ4v) is 2.50. The van der Waals surface area contributed by atoms with Crippen LogP contribution in [0, 0.1) is 0 Å². The van der Waals surface area contributed by atoms with Crippen molar-refractivity contribution in [3.63, 3.8) is 0 Å². The van der Waals surface area contributed by atoms with Crippen molar-refractivity contribution in [2.45, 2.75) is 24.5 Å². The van der Waals surface area contributed by atoms with Gasteiger partial charge in [0, 0.05) is 12.4 Å². The van der Waals surface area contributed by atoms with Gasteiger partial charge in [-0.1, -0.05) is 0 Å². The number of hydrogen-bond acceptors (Lipinski definition) is 2. The molecule has 0 bridgehead atoms. The van der Waals surface area contributed by atoms with Crippen molar-refractivity contribution < 1.29 is 4.79 Å². The molecule has 0 aromatic heterocycles. The minimum absolute atomic E-state index is 0.197. The fraction of sp³-hybridized carbons (Fsp3) is 0.875. The SMILES string of the molecule is O=C(NCCCCl)C1CCCS1. The number of amides is 1. The number of nitrogens with one attached hydrogen (secondary N) is 1. The molecule has 0 radical (unpaired) electrons. The van der Waals surface area contributed by atoms with Gasteiger partial charge in [0.15, 0.2) is 0 Å². The Labute approximate surface area is 82.4 Å². The average Bonchev–Trinajstić information content (AvgIpc) is 2.56. The quantitative estimate of drug-likeness (QED) is 0.561. The summed E-state index contributed by atoms with van der Waals surface area (Å²) in [6.07, 6.45) is 3.08. The maximum atomic E-state index is 11.3. The van der Waals surface area contributed by atoms with Crippen LogP contribution in [0.4, 0.5) is 0 Å². The second-order valence-corrected chi connectivity index (χ2v) is 4.52. The number of alkyl halides is 1. The van der Waals surface area contributed by atoms with Gasteiger partial charge in [-0.3, -0.25) is 4.79 Å². The van der Waals surface area contributed by atoms with E-state index >= 15 is 0 Å². The van der Waals surface area contributed by atoms with E-state index in [1.54, 1.807) is 11.8 Å². The van der Waals surface area contributed by atoms with Crippen molar-refractivity contribution in [3.05, 3.63) is 0 Å². The third-order valence-electron chi connectivity index (χ3n) is 1.83. The molecule has 0 aromatic carbocycles. The van der Waals surface area contributed by atoms with Crippen molar-refractivity contribution in [1.82, 2.24) is 5.32 Å². The molecule has 1 fully saturated rings. The van der Waals surface area contributed by atoms with Crippen molar-refractivity contribution in [3.8, 4) is 0 Å². The topological polar surface area (TPSA) is 29.1 Å². The Kier molecular flexibility index (Phi) is 4.84. The average molecular weight is 208 g/mol. The lowest BCUT2D eigenvalue weighted by Crippen LogP contribution is -2.32. The third-order valence-corrected chi connectivity index (χ3v) is 3.48. The first-order chi connectivity index (χ1) is 5.84. The third kappa shape index (κ3) is 3.23. The predicted octanol–water partition coefficient (Wildman–Crippen LogP) is 1.63. The Morgan fingerprint density at radius 2 is 2.50 bits per heavy atom. The minimum atomic E-state index is 0.197. The summed E-state index contributed by atoms with van der Waals surface area (Å²) >= 11 is 7.25. The number of rotatable bonds is 4. The largest absolute Gasteiger partial charge is 0.355 e. The Hall–Kier alpha value is 0.110. The molecular formula is C8H14ClNOS. The van der Waals surface area contributed by atoms with Gasteiger partial charge in [0.25, 0.3) is 0 Å². The number of carbonyl (C=O) groups excluding carboxylic acids is 1. The summed E-state index contributed by atoms with van der Waals surface area (Å²) in [6, 6.07) is 0. The second-order valence-electron chi connectivity index (χ2n) is 2.84. The van der Waals surface area contributed by atoms with Crippen molar-refractivity contribution in [2.75, 3.05) is 18.2 Å². The summed E-state index contributed by atoms with van der Waals surface area (Å²) in [5.41, 5.74) is 0. The van der Waals surface area contributed by atoms with Crippen LogP contribution in [-0.2, 0) is 4.79 Å². The van der Waals surface area contributed by atoms with Gasteiger partial charge in [0.05, 0.1) is 5.25 Å². The molecule has 1 aliphatic rings. The maximum absolute atomic E-state index is 11.3. The van der Waals surface area contributed by atoms with Crippen molar-refractivity contribution in [2.24, 2.45) is 0 Å². The van der Waals surface area contributed by atoms with Gasteiger partial charge in [-0.15, -0.1) is 23.4 Å². The second kappa shape index (κ2) is 5.70. The molecule has 1 saturated heterocycles. The highest BCUT2D eigenvalue weighted by Crippen LogP contribution is 2.25. The van der Waals surface area contributed by atoms with Crippen LogP contribution in [0.5, 0.6) is 0 Å². The molecule has 1 N–H and O–H groups in total. The molecule has 1 rings (SSSR count). The molecule has 1 heterocycles. The zero-order chi connectivity index (χ0) is 8.81. The van der Waals surface area contributed by atoms with Gasteiger partial charge in [0.1, 0.15) is 0 Å². The van der Waals surface area contributed by atoms with Crippen LogP contribution < -0.4 is 5.32 Å². The molecule has 0 spiro atoms. The van der Waals surface area contributed by atoms with E-state index < -0.39 is 0 Å². The molecular weight excluding hydrogens is 194 g/mol. The summed E-state index contributed by atoms with van der Waals surface area (Å²) in [5.74, 6) is 1.95. The van der Waals surface area contributed by atoms with Gasteiger partial charge < -0.3 is 5.32 Å². The zero-order valence-electron chi connectivity index (χ0n) is 7.01. The number of hydrogen-bond donors (Lipinski definition) is 1. The van der Waals surface area contributed by atoms with Gasteiger partial charge in [-0.05, 0) is 25.0 Å². The maximum Gasteiger partial charge on any atom is 0.233 e. The lowest BCUT2D eigenvalue weighted by Gasteiger charge is -2.08. The molecule has 1 atom stereocenters. The predicted molar refractivity (Wildman–Crippen MR) is 53.8 cm³/mol. The monoisotopic (exact) mass is 207 g/mol. The minimum Gasteiger partial charge on any atom is -0.355 e. The summed E-state index contributed by atoms with van der Waals surface area (Å²) in [6.45, 7) is 0.722. The highest BCUT2D eigenvalue weighted by Gasteiger charge is 2.22. The van der Waals surface area contributed by atoms with Crippen LogP contribution in [-0.4, -0.2) is 29.3 Å². The Balaban J connectivity index is 2.10. The summed E-state index contributed by atoms with van der Waals surface area (Å²) in [5, 5.41) is 3.09. The normalized spacial score (nSPS) is 22.6. The molecule has 70 valence electrons.